The molecule has 0 aliphatic heterocycles. The molecule has 1 aromatic rings. The molecule has 0 spiro atoms. The van der Waals surface area contributed by atoms with Gasteiger partial charge in [-0.2, -0.15) is 0 Å². The highest BCUT2D eigenvalue weighted by Gasteiger charge is 2.31. The molecule has 7 heteroatoms. The zero-order chi connectivity index (χ0) is 16.8. The minimum absolute atomic E-state index is 0.0512. The Morgan fingerprint density at radius 1 is 1.22 bits per heavy atom. The normalized spacial score (nSPS) is 19.7. The van der Waals surface area contributed by atoms with Gasteiger partial charge in [0, 0.05) is 23.3 Å². The van der Waals surface area contributed by atoms with Crippen LogP contribution in [-0.2, 0) is 4.79 Å². The van der Waals surface area contributed by atoms with Gasteiger partial charge >= 0.3 is 0 Å². The largest absolute Gasteiger partial charge is 0.299 e. The van der Waals surface area contributed by atoms with E-state index >= 15 is 0 Å². The van der Waals surface area contributed by atoms with E-state index in [1.165, 1.54) is 12.1 Å². The van der Waals surface area contributed by atoms with Crippen LogP contribution in [0.2, 0.25) is 0 Å². The summed E-state index contributed by atoms with van der Waals surface area (Å²) in [6.45, 7) is -0.340. The SMILES string of the molecule is O=C1CCCC[C@H]1[C@@H](/C=C/c1ccccc1[N+](=O)[O-])C[N+](=O)[O-]. The zero-order valence-electron chi connectivity index (χ0n) is 12.6. The van der Waals surface area contributed by atoms with Gasteiger partial charge in [-0.25, -0.2) is 0 Å². The molecule has 0 unspecified atom stereocenters. The molecule has 1 aliphatic carbocycles. The van der Waals surface area contributed by atoms with E-state index in [1.807, 2.05) is 0 Å². The lowest BCUT2D eigenvalue weighted by atomic mass is 9.78. The summed E-state index contributed by atoms with van der Waals surface area (Å²) >= 11 is 0. The van der Waals surface area contributed by atoms with Crippen LogP contribution in [0.1, 0.15) is 31.2 Å². The van der Waals surface area contributed by atoms with Crippen LogP contribution in [0.3, 0.4) is 0 Å². The Hall–Kier alpha value is -2.57. The first-order valence-corrected chi connectivity index (χ1v) is 7.55. The molecule has 0 aromatic heterocycles. The molecule has 0 N–H and O–H groups in total. The van der Waals surface area contributed by atoms with Gasteiger partial charge in [0.15, 0.2) is 0 Å². The number of ketones is 1. The van der Waals surface area contributed by atoms with E-state index in [0.717, 1.165) is 12.8 Å². The molecule has 0 bridgehead atoms. The lowest BCUT2D eigenvalue weighted by molar-refractivity contribution is -0.487. The highest BCUT2D eigenvalue weighted by atomic mass is 16.6. The van der Waals surface area contributed by atoms with Crippen molar-refractivity contribution in [2.75, 3.05) is 6.54 Å². The zero-order valence-corrected chi connectivity index (χ0v) is 12.6. The van der Waals surface area contributed by atoms with Crippen molar-refractivity contribution in [1.82, 2.24) is 0 Å². The number of Topliss-reactive ketones (excluding diaryl/α,β-unsaturated/α-hetero) is 1. The summed E-state index contributed by atoms with van der Waals surface area (Å²) < 4.78 is 0. The Labute approximate surface area is 133 Å². The summed E-state index contributed by atoms with van der Waals surface area (Å²) in [5.74, 6) is -0.846. The van der Waals surface area contributed by atoms with E-state index in [0.29, 0.717) is 18.4 Å². The molecule has 2 rings (SSSR count). The van der Waals surface area contributed by atoms with Crippen LogP contribution in [0.4, 0.5) is 5.69 Å². The number of nitro benzene ring substituents is 1. The summed E-state index contributed by atoms with van der Waals surface area (Å²) in [6, 6.07) is 6.20. The molecule has 0 radical (unpaired) electrons. The maximum atomic E-state index is 12.0. The fourth-order valence-electron chi connectivity index (χ4n) is 2.98. The second-order valence-electron chi connectivity index (χ2n) is 5.67. The highest BCUT2D eigenvalue weighted by Crippen LogP contribution is 2.29. The third kappa shape index (κ3) is 4.45. The molecular formula is C16H18N2O5. The topological polar surface area (TPSA) is 103 Å². The molecular weight excluding hydrogens is 300 g/mol. The van der Waals surface area contributed by atoms with Gasteiger partial charge in [-0.05, 0) is 18.9 Å². The van der Waals surface area contributed by atoms with Crippen LogP contribution in [0.15, 0.2) is 30.3 Å². The number of rotatable bonds is 6. The van der Waals surface area contributed by atoms with Gasteiger partial charge in [-0.3, -0.25) is 25.0 Å². The Bertz CT molecular complexity index is 641. The smallest absolute Gasteiger partial charge is 0.276 e. The Morgan fingerprint density at radius 3 is 2.61 bits per heavy atom. The fraction of sp³-hybridized carbons (Fsp3) is 0.438. The van der Waals surface area contributed by atoms with Crippen molar-refractivity contribution in [3.05, 3.63) is 56.1 Å². The summed E-state index contributed by atoms with van der Waals surface area (Å²) in [7, 11) is 0. The molecule has 122 valence electrons. The van der Waals surface area contributed by atoms with E-state index in [-0.39, 0.29) is 23.9 Å². The number of para-hydroxylation sites is 1. The quantitative estimate of drug-likeness (QED) is 0.591. The predicted octanol–water partition coefficient (Wildman–Crippen LogP) is 3.26. The van der Waals surface area contributed by atoms with Crippen molar-refractivity contribution in [2.45, 2.75) is 25.7 Å². The standard InChI is InChI=1S/C16H18N2O5/c19-16-8-4-2-6-14(16)13(11-17(20)21)10-9-12-5-1-3-7-15(12)18(22)23/h1,3,5,7,9-10,13-14H,2,4,6,8,11H2/b10-9+/t13-,14-/m0/s1. The molecule has 7 nitrogen and oxygen atoms in total. The number of carbonyl (C=O) groups is 1. The lowest BCUT2D eigenvalue weighted by Gasteiger charge is -2.24. The van der Waals surface area contributed by atoms with E-state index in [1.54, 1.807) is 24.3 Å². The average molecular weight is 318 g/mol. The third-order valence-electron chi connectivity index (χ3n) is 4.14. The van der Waals surface area contributed by atoms with Gasteiger partial charge in [-0.1, -0.05) is 30.7 Å². The summed E-state index contributed by atoms with van der Waals surface area (Å²) in [4.78, 5) is 33.0. The van der Waals surface area contributed by atoms with Crippen molar-refractivity contribution < 1.29 is 14.6 Å². The van der Waals surface area contributed by atoms with Crippen molar-refractivity contribution in [1.29, 1.82) is 0 Å². The van der Waals surface area contributed by atoms with Crippen LogP contribution in [0.25, 0.3) is 6.08 Å². The van der Waals surface area contributed by atoms with Crippen molar-refractivity contribution in [2.24, 2.45) is 11.8 Å². The second kappa shape index (κ2) is 7.62. The second-order valence-corrected chi connectivity index (χ2v) is 5.67. The molecule has 0 heterocycles. The summed E-state index contributed by atoms with van der Waals surface area (Å²) in [6.07, 6.45) is 5.91. The number of hydrogen-bond donors (Lipinski definition) is 0. The lowest BCUT2D eigenvalue weighted by Crippen LogP contribution is -2.30. The van der Waals surface area contributed by atoms with Crippen molar-refractivity contribution in [3.63, 3.8) is 0 Å². The molecule has 1 saturated carbocycles. The Kier molecular flexibility index (Phi) is 5.56. The first kappa shape index (κ1) is 16.8. The van der Waals surface area contributed by atoms with E-state index < -0.39 is 15.8 Å². The first-order chi connectivity index (χ1) is 11.0. The number of hydrogen-bond acceptors (Lipinski definition) is 5. The molecule has 1 aromatic carbocycles. The molecule has 2 atom stereocenters. The molecule has 1 fully saturated rings. The van der Waals surface area contributed by atoms with Gasteiger partial charge in [0.05, 0.1) is 16.4 Å². The minimum Gasteiger partial charge on any atom is -0.299 e. The number of benzene rings is 1. The van der Waals surface area contributed by atoms with Crippen molar-refractivity contribution in [3.8, 4) is 0 Å². The molecule has 0 saturated heterocycles. The van der Waals surface area contributed by atoms with Crippen LogP contribution in [-0.4, -0.2) is 22.2 Å². The fourth-order valence-corrected chi connectivity index (χ4v) is 2.98. The van der Waals surface area contributed by atoms with Gasteiger partial charge in [0.2, 0.25) is 6.54 Å². The number of carbonyl (C=O) groups excluding carboxylic acids is 1. The molecule has 1 aliphatic rings. The van der Waals surface area contributed by atoms with Crippen LogP contribution < -0.4 is 0 Å². The Morgan fingerprint density at radius 2 is 1.96 bits per heavy atom. The average Bonchev–Trinajstić information content (AvgIpc) is 2.52. The summed E-state index contributed by atoms with van der Waals surface area (Å²) in [5.41, 5.74) is 0.327. The van der Waals surface area contributed by atoms with Crippen LogP contribution in [0.5, 0.6) is 0 Å². The maximum absolute atomic E-state index is 12.0. The maximum Gasteiger partial charge on any atom is 0.276 e. The van der Waals surface area contributed by atoms with Gasteiger partial charge < -0.3 is 0 Å². The van der Waals surface area contributed by atoms with E-state index in [4.69, 9.17) is 0 Å². The van der Waals surface area contributed by atoms with Crippen molar-refractivity contribution >= 4 is 17.5 Å². The number of nitrogens with zero attached hydrogens (tertiary/aromatic N) is 2. The Balaban J connectivity index is 2.25. The number of nitro groups is 2. The summed E-state index contributed by atoms with van der Waals surface area (Å²) in [5, 5.41) is 21.9. The molecule has 0 amide bonds. The van der Waals surface area contributed by atoms with Gasteiger partial charge in [0.25, 0.3) is 5.69 Å². The van der Waals surface area contributed by atoms with E-state index in [2.05, 4.69) is 0 Å². The highest BCUT2D eigenvalue weighted by molar-refractivity contribution is 5.82. The third-order valence-corrected chi connectivity index (χ3v) is 4.14. The van der Waals surface area contributed by atoms with Crippen LogP contribution >= 0.6 is 0 Å². The predicted molar refractivity (Wildman–Crippen MR) is 84.4 cm³/mol. The van der Waals surface area contributed by atoms with Gasteiger partial charge in [0.1, 0.15) is 5.78 Å². The molecule has 23 heavy (non-hydrogen) atoms. The monoisotopic (exact) mass is 318 g/mol. The van der Waals surface area contributed by atoms with Gasteiger partial charge in [-0.15, -0.1) is 0 Å². The first-order valence-electron chi connectivity index (χ1n) is 7.55. The van der Waals surface area contributed by atoms with E-state index in [9.17, 15) is 25.0 Å². The van der Waals surface area contributed by atoms with Crippen LogP contribution in [0, 0.1) is 32.1 Å². The minimum atomic E-state index is -0.530.